The van der Waals surface area contributed by atoms with Crippen molar-refractivity contribution in [1.29, 1.82) is 5.26 Å². The van der Waals surface area contributed by atoms with Gasteiger partial charge in [-0.1, -0.05) is 0 Å². The van der Waals surface area contributed by atoms with Gasteiger partial charge in [-0.3, -0.25) is 0 Å². The molecule has 0 amide bonds. The molecule has 2 N–H and O–H groups in total. The Hall–Kier alpha value is -2.75. The fourth-order valence-corrected chi connectivity index (χ4v) is 1.54. The Morgan fingerprint density at radius 1 is 1.05 bits per heavy atom. The first-order chi connectivity index (χ1) is 9.55. The summed E-state index contributed by atoms with van der Waals surface area (Å²) < 4.78 is 40.5. The normalized spacial score (nSPS) is 9.95. The second kappa shape index (κ2) is 5.48. The van der Waals surface area contributed by atoms with Crippen LogP contribution in [-0.4, -0.2) is 12.0 Å². The van der Waals surface area contributed by atoms with Crippen LogP contribution in [0.1, 0.15) is 5.56 Å². The lowest BCUT2D eigenvalue weighted by Gasteiger charge is -2.10. The maximum Gasteiger partial charge on any atom is 0.169 e. The minimum absolute atomic E-state index is 0.0657. The molecule has 0 fully saturated rings. The van der Waals surface area contributed by atoms with E-state index in [1.54, 1.807) is 6.07 Å². The molecule has 0 unspecified atom stereocenters. The molecular weight excluding hydrogens is 269 g/mol. The van der Waals surface area contributed by atoms with E-state index in [4.69, 9.17) is 5.26 Å². The smallest absolute Gasteiger partial charge is 0.169 e. The lowest BCUT2D eigenvalue weighted by molar-refractivity contribution is 0.579. The summed E-state index contributed by atoms with van der Waals surface area (Å²) in [4.78, 5) is 3.67. The van der Waals surface area contributed by atoms with Gasteiger partial charge >= 0.3 is 0 Å². The summed E-state index contributed by atoms with van der Waals surface area (Å²) in [6, 6.07) is 6.07. The second-order valence-corrected chi connectivity index (χ2v) is 3.83. The fourth-order valence-electron chi connectivity index (χ4n) is 1.54. The number of hydrogen-bond acceptors (Lipinski definition) is 4. The Morgan fingerprint density at radius 3 is 2.35 bits per heavy atom. The van der Waals surface area contributed by atoms with Gasteiger partial charge < -0.3 is 10.6 Å². The molecule has 2 rings (SSSR count). The molecule has 0 aliphatic carbocycles. The molecule has 1 aromatic carbocycles. The van der Waals surface area contributed by atoms with E-state index in [1.807, 2.05) is 0 Å². The van der Waals surface area contributed by atoms with E-state index in [-0.39, 0.29) is 22.9 Å². The first kappa shape index (κ1) is 13.7. The first-order valence-corrected chi connectivity index (χ1v) is 5.55. The van der Waals surface area contributed by atoms with Crippen LogP contribution in [0.4, 0.5) is 30.5 Å². The molecule has 102 valence electrons. The van der Waals surface area contributed by atoms with Gasteiger partial charge in [0.15, 0.2) is 23.3 Å². The molecule has 0 bridgehead atoms. The van der Waals surface area contributed by atoms with Gasteiger partial charge in [0, 0.05) is 13.1 Å². The van der Waals surface area contributed by atoms with Gasteiger partial charge in [-0.15, -0.1) is 0 Å². The van der Waals surface area contributed by atoms with Crippen molar-refractivity contribution in [3.63, 3.8) is 0 Å². The Labute approximate surface area is 112 Å². The molecule has 0 spiro atoms. The predicted molar refractivity (Wildman–Crippen MR) is 68.1 cm³/mol. The van der Waals surface area contributed by atoms with Crippen molar-refractivity contribution >= 4 is 17.3 Å². The molecule has 0 saturated heterocycles. The van der Waals surface area contributed by atoms with Crippen molar-refractivity contribution in [2.24, 2.45) is 0 Å². The monoisotopic (exact) mass is 278 g/mol. The summed E-state index contributed by atoms with van der Waals surface area (Å²) in [5, 5.41) is 13.5. The van der Waals surface area contributed by atoms with Crippen LogP contribution in [-0.2, 0) is 0 Å². The predicted octanol–water partition coefficient (Wildman–Crippen LogP) is 3.16. The second-order valence-electron chi connectivity index (χ2n) is 3.83. The number of halogens is 3. The molecule has 0 aliphatic heterocycles. The highest BCUT2D eigenvalue weighted by Crippen LogP contribution is 2.24. The molecule has 0 saturated carbocycles. The number of anilines is 3. The molecule has 0 atom stereocenters. The quantitative estimate of drug-likeness (QED) is 0.905. The zero-order valence-electron chi connectivity index (χ0n) is 10.3. The van der Waals surface area contributed by atoms with Crippen molar-refractivity contribution in [3.8, 4) is 6.07 Å². The number of nitrogens with one attached hydrogen (secondary N) is 2. The maximum atomic E-state index is 13.7. The molecule has 0 radical (unpaired) electrons. The summed E-state index contributed by atoms with van der Waals surface area (Å²) in [6.07, 6.45) is 0. The Balaban J connectivity index is 2.37. The summed E-state index contributed by atoms with van der Waals surface area (Å²) in [6.45, 7) is 0. The third-order valence-electron chi connectivity index (χ3n) is 2.52. The third kappa shape index (κ3) is 2.64. The van der Waals surface area contributed by atoms with Crippen LogP contribution in [0.25, 0.3) is 0 Å². The van der Waals surface area contributed by atoms with Crippen LogP contribution in [0.15, 0.2) is 24.3 Å². The maximum absolute atomic E-state index is 13.7. The highest BCUT2D eigenvalue weighted by molar-refractivity contribution is 5.60. The van der Waals surface area contributed by atoms with E-state index in [2.05, 4.69) is 15.6 Å². The van der Waals surface area contributed by atoms with Crippen LogP contribution >= 0.6 is 0 Å². The molecule has 2 aromatic rings. The van der Waals surface area contributed by atoms with E-state index in [0.29, 0.717) is 6.07 Å². The molecule has 7 heteroatoms. The highest BCUT2D eigenvalue weighted by Gasteiger charge is 2.13. The van der Waals surface area contributed by atoms with Gasteiger partial charge in [0.1, 0.15) is 5.82 Å². The lowest BCUT2D eigenvalue weighted by Crippen LogP contribution is -2.04. The van der Waals surface area contributed by atoms with Crippen LogP contribution in [0.2, 0.25) is 0 Å². The largest absolute Gasteiger partial charge is 0.371 e. The van der Waals surface area contributed by atoms with Crippen LogP contribution in [0.5, 0.6) is 0 Å². The molecule has 1 heterocycles. The number of benzene rings is 1. The van der Waals surface area contributed by atoms with Crippen molar-refractivity contribution in [2.75, 3.05) is 17.7 Å². The van der Waals surface area contributed by atoms with Crippen molar-refractivity contribution < 1.29 is 13.2 Å². The van der Waals surface area contributed by atoms with E-state index >= 15 is 0 Å². The lowest BCUT2D eigenvalue weighted by atomic mass is 10.2. The Morgan fingerprint density at radius 2 is 1.75 bits per heavy atom. The van der Waals surface area contributed by atoms with Crippen molar-refractivity contribution in [3.05, 3.63) is 47.3 Å². The number of pyridine rings is 1. The van der Waals surface area contributed by atoms with Crippen molar-refractivity contribution in [1.82, 2.24) is 4.98 Å². The van der Waals surface area contributed by atoms with Crippen molar-refractivity contribution in [2.45, 2.75) is 0 Å². The fraction of sp³-hybridized carbons (Fsp3) is 0.0769. The van der Waals surface area contributed by atoms with Gasteiger partial charge in [-0.05, 0) is 18.2 Å². The summed E-state index contributed by atoms with van der Waals surface area (Å²) >= 11 is 0. The third-order valence-corrected chi connectivity index (χ3v) is 2.52. The molecule has 4 nitrogen and oxygen atoms in total. The number of aromatic nitrogens is 1. The molecule has 0 aliphatic rings. The topological polar surface area (TPSA) is 60.7 Å². The molecule has 1 aromatic heterocycles. The van der Waals surface area contributed by atoms with Gasteiger partial charge in [-0.25, -0.2) is 18.2 Å². The number of nitriles is 1. The average Bonchev–Trinajstić information content (AvgIpc) is 2.43. The Bertz CT molecular complexity index is 695. The van der Waals surface area contributed by atoms with E-state index in [0.717, 1.165) is 6.07 Å². The van der Waals surface area contributed by atoms with Gasteiger partial charge in [0.25, 0.3) is 0 Å². The zero-order chi connectivity index (χ0) is 14.7. The van der Waals surface area contributed by atoms with Crippen LogP contribution < -0.4 is 10.6 Å². The number of nitrogens with zero attached hydrogens (tertiary/aromatic N) is 2. The molecular formula is C13H9F3N4. The standard InChI is InChI=1S/C13H9F3N4/c1-18-12-9(15)5-10(16)13(20-12)19-11-3-2-7(6-17)4-8(11)14/h2-5H,1H3,(H2,18,19,20). The van der Waals surface area contributed by atoms with Crippen LogP contribution in [0.3, 0.4) is 0 Å². The SMILES string of the molecule is CNc1nc(Nc2ccc(C#N)cc2F)c(F)cc1F. The van der Waals surface area contributed by atoms with Gasteiger partial charge in [-0.2, -0.15) is 5.26 Å². The number of hydrogen-bond donors (Lipinski definition) is 2. The van der Waals surface area contributed by atoms with E-state index in [1.165, 1.54) is 19.2 Å². The summed E-state index contributed by atoms with van der Waals surface area (Å²) in [5.41, 5.74) is 0.0700. The summed E-state index contributed by atoms with van der Waals surface area (Å²) in [5.74, 6) is -3.02. The highest BCUT2D eigenvalue weighted by atomic mass is 19.1. The molecule has 20 heavy (non-hydrogen) atoms. The summed E-state index contributed by atoms with van der Waals surface area (Å²) in [7, 11) is 1.43. The number of rotatable bonds is 3. The van der Waals surface area contributed by atoms with Gasteiger partial charge in [0.05, 0.1) is 17.3 Å². The Kier molecular flexibility index (Phi) is 3.75. The van der Waals surface area contributed by atoms with Crippen LogP contribution in [0, 0.1) is 28.8 Å². The zero-order valence-corrected chi connectivity index (χ0v) is 10.3. The first-order valence-electron chi connectivity index (χ1n) is 5.55. The average molecular weight is 278 g/mol. The van der Waals surface area contributed by atoms with E-state index in [9.17, 15) is 13.2 Å². The minimum atomic E-state index is -0.953. The van der Waals surface area contributed by atoms with E-state index < -0.39 is 17.5 Å². The minimum Gasteiger partial charge on any atom is -0.371 e. The van der Waals surface area contributed by atoms with Gasteiger partial charge in [0.2, 0.25) is 0 Å².